The lowest BCUT2D eigenvalue weighted by molar-refractivity contribution is 0.543. The van der Waals surface area contributed by atoms with Crippen molar-refractivity contribution < 1.29 is 0 Å². The average molecular weight is 285 g/mol. The predicted octanol–water partition coefficient (Wildman–Crippen LogP) is 3.55. The Morgan fingerprint density at radius 2 is 1.90 bits per heavy atom. The number of hydrogen-bond donors (Lipinski definition) is 1. The minimum Gasteiger partial charge on any atom is -0.310 e. The minimum absolute atomic E-state index is 0.323. The van der Waals surface area contributed by atoms with Crippen LogP contribution >= 0.6 is 0 Å². The Hall–Kier alpha value is -1.61. The SMILES string of the molecule is CCNC(Cc1cc(C)ccc1C)c1c(C)nn(C)c1C. The van der Waals surface area contributed by atoms with E-state index in [0.717, 1.165) is 18.7 Å². The van der Waals surface area contributed by atoms with Crippen molar-refractivity contribution in [3.8, 4) is 0 Å². The number of benzene rings is 1. The van der Waals surface area contributed by atoms with Crippen LogP contribution in [0.25, 0.3) is 0 Å². The first kappa shape index (κ1) is 15.8. The van der Waals surface area contributed by atoms with Crippen LogP contribution in [0.15, 0.2) is 18.2 Å². The molecule has 1 aromatic carbocycles. The van der Waals surface area contributed by atoms with Crippen molar-refractivity contribution >= 4 is 0 Å². The molecule has 0 aliphatic heterocycles. The topological polar surface area (TPSA) is 29.9 Å². The number of aryl methyl sites for hydroxylation is 4. The van der Waals surface area contributed by atoms with Gasteiger partial charge in [-0.3, -0.25) is 4.68 Å². The number of likely N-dealkylation sites (N-methyl/N-ethyl adjacent to an activating group) is 1. The minimum atomic E-state index is 0.323. The molecule has 1 heterocycles. The quantitative estimate of drug-likeness (QED) is 0.910. The lowest BCUT2D eigenvalue weighted by Crippen LogP contribution is -2.24. The zero-order chi connectivity index (χ0) is 15.6. The van der Waals surface area contributed by atoms with Crippen LogP contribution in [0, 0.1) is 27.7 Å². The van der Waals surface area contributed by atoms with Gasteiger partial charge in [0.25, 0.3) is 0 Å². The highest BCUT2D eigenvalue weighted by atomic mass is 15.3. The molecular formula is C18H27N3. The summed E-state index contributed by atoms with van der Waals surface area (Å²) in [6.45, 7) is 11.7. The zero-order valence-corrected chi connectivity index (χ0v) is 14.1. The fraction of sp³-hybridized carbons (Fsp3) is 0.500. The highest BCUT2D eigenvalue weighted by Crippen LogP contribution is 2.26. The van der Waals surface area contributed by atoms with Gasteiger partial charge in [-0.1, -0.05) is 30.7 Å². The van der Waals surface area contributed by atoms with Crippen LogP contribution < -0.4 is 5.32 Å². The lowest BCUT2D eigenvalue weighted by Gasteiger charge is -2.20. The number of aromatic nitrogens is 2. The molecule has 0 aliphatic rings. The Bertz CT molecular complexity index is 626. The smallest absolute Gasteiger partial charge is 0.0644 e. The van der Waals surface area contributed by atoms with E-state index in [0.29, 0.717) is 6.04 Å². The molecule has 1 N–H and O–H groups in total. The fourth-order valence-corrected chi connectivity index (χ4v) is 3.06. The monoisotopic (exact) mass is 285 g/mol. The van der Waals surface area contributed by atoms with Crippen molar-refractivity contribution in [1.82, 2.24) is 15.1 Å². The average Bonchev–Trinajstić information content (AvgIpc) is 2.67. The predicted molar refractivity (Wildman–Crippen MR) is 88.7 cm³/mol. The van der Waals surface area contributed by atoms with Crippen LogP contribution in [0.3, 0.4) is 0 Å². The molecule has 0 saturated heterocycles. The van der Waals surface area contributed by atoms with Crippen molar-refractivity contribution in [1.29, 1.82) is 0 Å². The van der Waals surface area contributed by atoms with Gasteiger partial charge in [-0.15, -0.1) is 0 Å². The summed E-state index contributed by atoms with van der Waals surface area (Å²) in [6, 6.07) is 7.03. The summed E-state index contributed by atoms with van der Waals surface area (Å²) >= 11 is 0. The molecule has 1 unspecified atom stereocenters. The second-order valence-electron chi connectivity index (χ2n) is 5.95. The Morgan fingerprint density at radius 3 is 2.48 bits per heavy atom. The van der Waals surface area contributed by atoms with Gasteiger partial charge >= 0.3 is 0 Å². The van der Waals surface area contributed by atoms with E-state index in [4.69, 9.17) is 0 Å². The highest BCUT2D eigenvalue weighted by molar-refractivity contribution is 5.35. The van der Waals surface area contributed by atoms with Gasteiger partial charge in [0.05, 0.1) is 5.69 Å². The number of nitrogens with zero attached hydrogens (tertiary/aromatic N) is 2. The van der Waals surface area contributed by atoms with E-state index in [1.807, 2.05) is 11.7 Å². The third-order valence-electron chi connectivity index (χ3n) is 4.29. The first-order chi connectivity index (χ1) is 9.93. The molecule has 21 heavy (non-hydrogen) atoms. The van der Waals surface area contributed by atoms with Crippen LogP contribution in [0.4, 0.5) is 0 Å². The maximum absolute atomic E-state index is 4.57. The van der Waals surface area contributed by atoms with Gasteiger partial charge in [-0.25, -0.2) is 0 Å². The molecule has 114 valence electrons. The van der Waals surface area contributed by atoms with E-state index in [9.17, 15) is 0 Å². The summed E-state index contributed by atoms with van der Waals surface area (Å²) in [5.41, 5.74) is 7.84. The third-order valence-corrected chi connectivity index (χ3v) is 4.29. The van der Waals surface area contributed by atoms with Crippen molar-refractivity contribution in [2.24, 2.45) is 7.05 Å². The van der Waals surface area contributed by atoms with Gasteiger partial charge in [0.15, 0.2) is 0 Å². The van der Waals surface area contributed by atoms with E-state index >= 15 is 0 Å². The largest absolute Gasteiger partial charge is 0.310 e. The van der Waals surface area contributed by atoms with Gasteiger partial charge < -0.3 is 5.32 Å². The van der Waals surface area contributed by atoms with E-state index in [-0.39, 0.29) is 0 Å². The van der Waals surface area contributed by atoms with Gasteiger partial charge in [0.2, 0.25) is 0 Å². The molecule has 3 nitrogen and oxygen atoms in total. The summed E-state index contributed by atoms with van der Waals surface area (Å²) in [6.07, 6.45) is 1.01. The summed E-state index contributed by atoms with van der Waals surface area (Å²) in [5, 5.41) is 8.21. The van der Waals surface area contributed by atoms with E-state index < -0.39 is 0 Å². The van der Waals surface area contributed by atoms with Crippen LogP contribution in [0.2, 0.25) is 0 Å². The second-order valence-corrected chi connectivity index (χ2v) is 5.95. The van der Waals surface area contributed by atoms with Crippen molar-refractivity contribution in [2.75, 3.05) is 6.54 Å². The highest BCUT2D eigenvalue weighted by Gasteiger charge is 2.20. The van der Waals surface area contributed by atoms with Gasteiger partial charge in [0.1, 0.15) is 0 Å². The standard InChI is InChI=1S/C18H27N3/c1-7-19-17(18-14(4)20-21(6)15(18)5)11-16-10-12(2)8-9-13(16)3/h8-10,17,19H,7,11H2,1-6H3. The maximum Gasteiger partial charge on any atom is 0.0644 e. The first-order valence-electron chi connectivity index (χ1n) is 7.73. The van der Waals surface area contributed by atoms with Gasteiger partial charge in [0, 0.05) is 24.3 Å². The molecule has 3 heteroatoms. The molecule has 0 saturated carbocycles. The van der Waals surface area contributed by atoms with Crippen LogP contribution in [0.1, 0.15) is 46.6 Å². The van der Waals surface area contributed by atoms with Crippen LogP contribution in [0.5, 0.6) is 0 Å². The molecule has 0 bridgehead atoms. The second kappa shape index (κ2) is 6.44. The van der Waals surface area contributed by atoms with Gasteiger partial charge in [-0.2, -0.15) is 5.10 Å². The van der Waals surface area contributed by atoms with Crippen molar-refractivity contribution in [3.05, 3.63) is 51.8 Å². The van der Waals surface area contributed by atoms with Crippen LogP contribution in [-0.2, 0) is 13.5 Å². The number of nitrogens with one attached hydrogen (secondary N) is 1. The number of rotatable bonds is 5. The first-order valence-corrected chi connectivity index (χ1v) is 7.73. The zero-order valence-electron chi connectivity index (χ0n) is 14.1. The Morgan fingerprint density at radius 1 is 1.19 bits per heavy atom. The number of hydrogen-bond acceptors (Lipinski definition) is 2. The maximum atomic E-state index is 4.57. The Labute approximate surface area is 128 Å². The summed E-state index contributed by atoms with van der Waals surface area (Å²) in [4.78, 5) is 0. The van der Waals surface area contributed by atoms with Crippen molar-refractivity contribution in [3.63, 3.8) is 0 Å². The molecule has 0 spiro atoms. The van der Waals surface area contributed by atoms with Gasteiger partial charge in [-0.05, 0) is 51.8 Å². The molecule has 2 rings (SSSR count). The summed E-state index contributed by atoms with van der Waals surface area (Å²) in [7, 11) is 2.02. The molecule has 2 aromatic rings. The molecular weight excluding hydrogens is 258 g/mol. The summed E-state index contributed by atoms with van der Waals surface area (Å²) in [5.74, 6) is 0. The lowest BCUT2D eigenvalue weighted by atomic mass is 9.94. The van der Waals surface area contributed by atoms with E-state index in [2.05, 4.69) is 63.2 Å². The molecule has 0 fully saturated rings. The van der Waals surface area contributed by atoms with E-state index in [1.54, 1.807) is 0 Å². The van der Waals surface area contributed by atoms with E-state index in [1.165, 1.54) is 27.9 Å². The Kier molecular flexibility index (Phi) is 4.84. The molecule has 0 radical (unpaired) electrons. The fourth-order valence-electron chi connectivity index (χ4n) is 3.06. The Balaban J connectivity index is 2.37. The summed E-state index contributed by atoms with van der Waals surface area (Å²) < 4.78 is 1.98. The molecule has 1 atom stereocenters. The normalized spacial score (nSPS) is 12.7. The molecule has 1 aromatic heterocycles. The van der Waals surface area contributed by atoms with Crippen LogP contribution in [-0.4, -0.2) is 16.3 Å². The van der Waals surface area contributed by atoms with Crippen molar-refractivity contribution in [2.45, 2.75) is 47.1 Å². The molecule has 0 amide bonds. The molecule has 0 aliphatic carbocycles. The third kappa shape index (κ3) is 3.35.